The van der Waals surface area contributed by atoms with Gasteiger partial charge in [-0.1, -0.05) is 54.6 Å². The molecule has 0 atom stereocenters. The van der Waals surface area contributed by atoms with Crippen LogP contribution in [0.2, 0.25) is 0 Å². The highest BCUT2D eigenvalue weighted by atomic mass is 16.5. The van der Waals surface area contributed by atoms with E-state index in [1.807, 2.05) is 54.6 Å². The van der Waals surface area contributed by atoms with Crippen LogP contribution in [0.15, 0.2) is 146 Å². The van der Waals surface area contributed by atoms with Crippen LogP contribution in [0.5, 0.6) is 17.2 Å². The van der Waals surface area contributed by atoms with E-state index in [1.165, 1.54) is 0 Å². The van der Waals surface area contributed by atoms with E-state index in [9.17, 15) is 14.4 Å². The molecule has 6 aromatic rings. The first-order valence-electron chi connectivity index (χ1n) is 18.9. The average Bonchev–Trinajstić information content (AvgIpc) is 3.28. The van der Waals surface area contributed by atoms with Crippen molar-refractivity contribution in [2.45, 2.75) is 19.6 Å². The number of carbonyl (C=O) groups is 3. The minimum atomic E-state index is -0.260. The molecule has 3 N–H and O–H groups in total. The quantitative estimate of drug-likeness (QED) is 0.0853. The predicted octanol–water partition coefficient (Wildman–Crippen LogP) is 5.50. The lowest BCUT2D eigenvalue weighted by atomic mass is 10.2. The van der Waals surface area contributed by atoms with Gasteiger partial charge in [-0.3, -0.25) is 34.2 Å². The van der Waals surface area contributed by atoms with Crippen LogP contribution in [0.3, 0.4) is 0 Å². The van der Waals surface area contributed by atoms with Crippen LogP contribution in [-0.2, 0) is 19.6 Å². The largest absolute Gasteiger partial charge is 0.491 e. The number of pyridine rings is 3. The maximum atomic E-state index is 13.1. The number of hydrogen-bond acceptors (Lipinski definition) is 10. The second kappa shape index (κ2) is 21.8. The van der Waals surface area contributed by atoms with Crippen molar-refractivity contribution in [3.8, 4) is 17.2 Å². The molecule has 0 aliphatic heterocycles. The number of hydrogen-bond donors (Lipinski definition) is 3. The van der Waals surface area contributed by atoms with Gasteiger partial charge < -0.3 is 30.2 Å². The SMILES string of the molecule is O=C(NCc1cccnc1)c1ccccc1OCCN(CCOc1ccccc1C(=O)NCc1cccnc1)CCOc1ccccc1C(=O)NCc1cccnc1. The Bertz CT molecular complexity index is 1960. The molecule has 0 bridgehead atoms. The fraction of sp³-hybridized carbons (Fsp3) is 0.200. The van der Waals surface area contributed by atoms with E-state index in [0.717, 1.165) is 16.7 Å². The van der Waals surface area contributed by atoms with Crippen LogP contribution in [0.25, 0.3) is 0 Å². The number of amides is 3. The van der Waals surface area contributed by atoms with Gasteiger partial charge in [0.1, 0.15) is 37.1 Å². The third-order valence-corrected chi connectivity index (χ3v) is 8.92. The van der Waals surface area contributed by atoms with Crippen molar-refractivity contribution in [2.75, 3.05) is 39.5 Å². The topological polar surface area (TPSA) is 157 Å². The lowest BCUT2D eigenvalue weighted by Crippen LogP contribution is -2.36. The van der Waals surface area contributed by atoms with E-state index in [0.29, 0.717) is 73.2 Å². The molecule has 0 aliphatic carbocycles. The summed E-state index contributed by atoms with van der Waals surface area (Å²) in [6, 6.07) is 32.5. The standard InChI is InChI=1S/C45H45N7O6/c53-43(49-31-34-10-7-19-46-28-34)37-13-1-4-16-40(37)56-25-22-52(23-26-57-41-17-5-2-14-38(41)44(54)50-32-35-11-8-20-47-29-35)24-27-58-42-18-6-3-15-39(42)45(55)51-33-36-12-9-21-48-30-36/h1-21,28-30H,22-27,31-33H2,(H,49,53)(H,50,54)(H,51,55). The fourth-order valence-corrected chi connectivity index (χ4v) is 5.87. The summed E-state index contributed by atoms with van der Waals surface area (Å²) in [5.74, 6) is 0.585. The summed E-state index contributed by atoms with van der Waals surface area (Å²) in [6.07, 6.45) is 10.2. The van der Waals surface area contributed by atoms with Crippen LogP contribution in [0, 0.1) is 0 Å². The molecule has 0 unspecified atom stereocenters. The van der Waals surface area contributed by atoms with Crippen molar-refractivity contribution in [1.29, 1.82) is 0 Å². The summed E-state index contributed by atoms with van der Waals surface area (Å²) in [5.41, 5.74) is 3.91. The van der Waals surface area contributed by atoms with E-state index < -0.39 is 0 Å². The lowest BCUT2D eigenvalue weighted by molar-refractivity contribution is 0.0938. The van der Waals surface area contributed by atoms with Gasteiger partial charge in [0.05, 0.1) is 16.7 Å². The summed E-state index contributed by atoms with van der Waals surface area (Å²) >= 11 is 0. The fourth-order valence-electron chi connectivity index (χ4n) is 5.87. The van der Waals surface area contributed by atoms with Gasteiger partial charge in [0, 0.05) is 76.4 Å². The minimum absolute atomic E-state index is 0.258. The summed E-state index contributed by atoms with van der Waals surface area (Å²) in [6.45, 7) is 3.14. The molecule has 296 valence electrons. The Morgan fingerprint density at radius 2 is 0.741 bits per heavy atom. The number of aromatic nitrogens is 3. The lowest BCUT2D eigenvalue weighted by Gasteiger charge is -2.23. The van der Waals surface area contributed by atoms with E-state index >= 15 is 0 Å². The Morgan fingerprint density at radius 1 is 0.431 bits per heavy atom. The first-order chi connectivity index (χ1) is 28.5. The van der Waals surface area contributed by atoms with E-state index in [-0.39, 0.29) is 37.5 Å². The smallest absolute Gasteiger partial charge is 0.255 e. The second-order valence-electron chi connectivity index (χ2n) is 13.0. The maximum absolute atomic E-state index is 13.1. The summed E-state index contributed by atoms with van der Waals surface area (Å²) in [7, 11) is 0. The Labute approximate surface area is 337 Å². The zero-order valence-corrected chi connectivity index (χ0v) is 32.0. The number of rotatable bonds is 21. The van der Waals surface area contributed by atoms with Gasteiger partial charge in [0.25, 0.3) is 17.7 Å². The van der Waals surface area contributed by atoms with Crippen molar-refractivity contribution in [3.05, 3.63) is 180 Å². The number of carbonyl (C=O) groups excluding carboxylic acids is 3. The van der Waals surface area contributed by atoms with Crippen LogP contribution in [0.1, 0.15) is 47.8 Å². The van der Waals surface area contributed by atoms with Crippen LogP contribution >= 0.6 is 0 Å². The molecule has 3 heterocycles. The number of benzene rings is 3. The molecule has 13 heteroatoms. The van der Waals surface area contributed by atoms with Crippen LogP contribution in [-0.4, -0.2) is 77.0 Å². The van der Waals surface area contributed by atoms with Gasteiger partial charge in [-0.05, 0) is 71.3 Å². The highest BCUT2D eigenvalue weighted by molar-refractivity contribution is 5.98. The van der Waals surface area contributed by atoms with E-state index in [4.69, 9.17) is 14.2 Å². The van der Waals surface area contributed by atoms with Gasteiger partial charge >= 0.3 is 0 Å². The van der Waals surface area contributed by atoms with Crippen LogP contribution in [0.4, 0.5) is 0 Å². The van der Waals surface area contributed by atoms with Crippen molar-refractivity contribution < 1.29 is 28.6 Å². The van der Waals surface area contributed by atoms with E-state index in [1.54, 1.807) is 91.8 Å². The van der Waals surface area contributed by atoms with Crippen molar-refractivity contribution in [3.63, 3.8) is 0 Å². The Hall–Kier alpha value is -7.12. The number of ether oxygens (including phenoxy) is 3. The summed E-state index contributed by atoms with van der Waals surface area (Å²) in [4.78, 5) is 53.9. The first kappa shape index (κ1) is 40.5. The Balaban J connectivity index is 1.08. The molecular formula is C45H45N7O6. The second-order valence-corrected chi connectivity index (χ2v) is 13.0. The molecule has 13 nitrogen and oxygen atoms in total. The molecule has 6 rings (SSSR count). The Morgan fingerprint density at radius 3 is 1.03 bits per heavy atom. The third kappa shape index (κ3) is 12.4. The summed E-state index contributed by atoms with van der Waals surface area (Å²) < 4.78 is 18.6. The number of nitrogens with zero attached hydrogens (tertiary/aromatic N) is 4. The molecule has 0 radical (unpaired) electrons. The zero-order chi connectivity index (χ0) is 40.2. The zero-order valence-electron chi connectivity index (χ0n) is 32.0. The molecule has 0 aliphatic rings. The van der Waals surface area contributed by atoms with Crippen molar-refractivity contribution in [2.24, 2.45) is 0 Å². The third-order valence-electron chi connectivity index (χ3n) is 8.92. The number of para-hydroxylation sites is 3. The molecule has 3 amide bonds. The molecule has 0 spiro atoms. The minimum Gasteiger partial charge on any atom is -0.491 e. The number of nitrogens with one attached hydrogen (secondary N) is 3. The van der Waals surface area contributed by atoms with Gasteiger partial charge in [0.15, 0.2) is 0 Å². The molecular weight excluding hydrogens is 735 g/mol. The predicted molar refractivity (Wildman–Crippen MR) is 218 cm³/mol. The maximum Gasteiger partial charge on any atom is 0.255 e. The summed E-state index contributed by atoms with van der Waals surface area (Å²) in [5, 5.41) is 8.80. The molecule has 3 aromatic carbocycles. The van der Waals surface area contributed by atoms with E-state index in [2.05, 4.69) is 35.8 Å². The highest BCUT2D eigenvalue weighted by Crippen LogP contribution is 2.21. The van der Waals surface area contributed by atoms with Gasteiger partial charge in [0.2, 0.25) is 0 Å². The van der Waals surface area contributed by atoms with Gasteiger partial charge in [-0.25, -0.2) is 0 Å². The highest BCUT2D eigenvalue weighted by Gasteiger charge is 2.17. The van der Waals surface area contributed by atoms with Crippen molar-refractivity contribution >= 4 is 17.7 Å². The van der Waals surface area contributed by atoms with Gasteiger partial charge in [-0.2, -0.15) is 0 Å². The normalized spacial score (nSPS) is 10.7. The monoisotopic (exact) mass is 779 g/mol. The first-order valence-corrected chi connectivity index (χ1v) is 18.9. The molecule has 0 saturated heterocycles. The van der Waals surface area contributed by atoms with Gasteiger partial charge in [-0.15, -0.1) is 0 Å². The molecule has 3 aromatic heterocycles. The average molecular weight is 780 g/mol. The van der Waals surface area contributed by atoms with Crippen molar-refractivity contribution in [1.82, 2.24) is 35.8 Å². The van der Waals surface area contributed by atoms with Crippen LogP contribution < -0.4 is 30.2 Å². The molecule has 0 saturated carbocycles. The molecule has 0 fully saturated rings. The Kier molecular flexibility index (Phi) is 15.3. The molecule has 58 heavy (non-hydrogen) atoms.